The summed E-state index contributed by atoms with van der Waals surface area (Å²) in [6.45, 7) is 1.99. The van der Waals surface area contributed by atoms with Crippen LogP contribution in [0.4, 0.5) is 13.2 Å². The van der Waals surface area contributed by atoms with Crippen LogP contribution in [0, 0.1) is 0 Å². The van der Waals surface area contributed by atoms with Crippen molar-refractivity contribution in [1.82, 2.24) is 25.1 Å². The second-order valence-corrected chi connectivity index (χ2v) is 13.2. The number of benzene rings is 2. The first-order valence-corrected chi connectivity index (χ1v) is 15.6. The molecular formula is C27H30Cl2F3N5O4S. The fraction of sp³-hybridized carbons (Fsp3) is 0.444. The van der Waals surface area contributed by atoms with Gasteiger partial charge in [0.2, 0.25) is 5.91 Å². The van der Waals surface area contributed by atoms with E-state index in [2.05, 4.69) is 15.6 Å². The first kappa shape index (κ1) is 32.2. The first-order chi connectivity index (χ1) is 19.7. The molecule has 15 heteroatoms. The Balaban J connectivity index is 1.73. The van der Waals surface area contributed by atoms with E-state index in [0.717, 1.165) is 17.0 Å². The number of likely N-dealkylation sites (N-methyl/N-ethyl adjacent to an activating group) is 1. The summed E-state index contributed by atoms with van der Waals surface area (Å²) in [5, 5.41) is 5.23. The van der Waals surface area contributed by atoms with Crippen LogP contribution in [0.2, 0.25) is 10.0 Å². The zero-order valence-electron chi connectivity index (χ0n) is 22.9. The molecule has 1 aromatic heterocycles. The lowest BCUT2D eigenvalue weighted by Crippen LogP contribution is -2.49. The number of carbonyl (C=O) groups is 1. The Morgan fingerprint density at radius 1 is 1.19 bits per heavy atom. The average Bonchev–Trinajstić information content (AvgIpc) is 2.91. The fourth-order valence-corrected chi connectivity index (χ4v) is 6.73. The van der Waals surface area contributed by atoms with E-state index in [1.165, 1.54) is 25.1 Å². The molecule has 0 saturated carbocycles. The molecule has 0 radical (unpaired) electrons. The molecule has 0 spiro atoms. The maximum absolute atomic E-state index is 14.3. The van der Waals surface area contributed by atoms with Gasteiger partial charge in [-0.05, 0) is 61.8 Å². The van der Waals surface area contributed by atoms with Crippen molar-refractivity contribution in [2.24, 2.45) is 0 Å². The van der Waals surface area contributed by atoms with Crippen molar-refractivity contribution in [2.75, 3.05) is 32.4 Å². The monoisotopic (exact) mass is 647 g/mol. The lowest BCUT2D eigenvalue weighted by molar-refractivity contribution is -0.138. The highest BCUT2D eigenvalue weighted by Crippen LogP contribution is 2.39. The molecule has 2 heterocycles. The number of sulfone groups is 1. The molecular weight excluding hydrogens is 618 g/mol. The van der Waals surface area contributed by atoms with E-state index >= 15 is 0 Å². The van der Waals surface area contributed by atoms with Gasteiger partial charge in [0.15, 0.2) is 9.84 Å². The van der Waals surface area contributed by atoms with Gasteiger partial charge >= 0.3 is 6.18 Å². The summed E-state index contributed by atoms with van der Waals surface area (Å²) in [5.74, 6) is -0.401. The first-order valence-electron chi connectivity index (χ1n) is 13.2. The third-order valence-corrected chi connectivity index (χ3v) is 9.60. The minimum Gasteiger partial charge on any atom is -0.351 e. The van der Waals surface area contributed by atoms with E-state index in [1.807, 2.05) is 0 Å². The van der Waals surface area contributed by atoms with Crippen LogP contribution in [0.25, 0.3) is 10.9 Å². The molecule has 42 heavy (non-hydrogen) atoms. The van der Waals surface area contributed by atoms with Gasteiger partial charge in [-0.15, -0.1) is 0 Å². The van der Waals surface area contributed by atoms with Crippen molar-refractivity contribution < 1.29 is 26.4 Å². The van der Waals surface area contributed by atoms with Crippen molar-refractivity contribution in [3.63, 3.8) is 0 Å². The third kappa shape index (κ3) is 7.08. The van der Waals surface area contributed by atoms with Crippen molar-refractivity contribution in [1.29, 1.82) is 0 Å². The van der Waals surface area contributed by atoms with E-state index in [9.17, 15) is 31.2 Å². The summed E-state index contributed by atoms with van der Waals surface area (Å²) < 4.78 is 69.3. The molecule has 0 aliphatic carbocycles. The Kier molecular flexibility index (Phi) is 9.88. The van der Waals surface area contributed by atoms with E-state index < -0.39 is 27.1 Å². The number of aromatic nitrogens is 2. The second-order valence-electron chi connectivity index (χ2n) is 10.1. The minimum atomic E-state index is -4.83. The fourth-order valence-electron chi connectivity index (χ4n) is 5.12. The number of carbonyl (C=O) groups excluding carboxylic acids is 1. The number of piperidine rings is 1. The largest absolute Gasteiger partial charge is 0.416 e. The SMILES string of the molecule is CCS(=O)(=O)c1ccc(Cl)cc1Cn1cnc2c(Cl)c(CN3CCC[C@H](NC(=O)CNC)C3)c(C(F)(F)F)cc2c1=O. The van der Waals surface area contributed by atoms with E-state index in [1.54, 1.807) is 11.9 Å². The maximum Gasteiger partial charge on any atom is 0.416 e. The number of hydrogen-bond donors (Lipinski definition) is 2. The van der Waals surface area contributed by atoms with Gasteiger partial charge in [-0.2, -0.15) is 13.2 Å². The zero-order valence-corrected chi connectivity index (χ0v) is 25.2. The molecule has 1 saturated heterocycles. The molecule has 4 rings (SSSR count). The molecule has 1 aliphatic rings. The van der Waals surface area contributed by atoms with Gasteiger partial charge in [-0.1, -0.05) is 30.1 Å². The van der Waals surface area contributed by atoms with E-state index in [-0.39, 0.29) is 74.3 Å². The number of nitrogens with zero attached hydrogens (tertiary/aromatic N) is 3. The van der Waals surface area contributed by atoms with Crippen molar-refractivity contribution in [2.45, 2.75) is 50.0 Å². The Morgan fingerprint density at radius 3 is 2.60 bits per heavy atom. The van der Waals surface area contributed by atoms with E-state index in [0.29, 0.717) is 25.9 Å². The van der Waals surface area contributed by atoms with Crippen LogP contribution >= 0.6 is 23.2 Å². The zero-order chi connectivity index (χ0) is 30.8. The number of likely N-dealkylation sites (tertiary alicyclic amines) is 1. The molecule has 0 bridgehead atoms. The molecule has 2 N–H and O–H groups in total. The Morgan fingerprint density at radius 2 is 1.93 bits per heavy atom. The highest BCUT2D eigenvalue weighted by Gasteiger charge is 2.37. The predicted octanol–water partition coefficient (Wildman–Crippen LogP) is 3.86. The second kappa shape index (κ2) is 12.9. The Hall–Kier alpha value is -2.71. The molecule has 1 fully saturated rings. The van der Waals surface area contributed by atoms with Gasteiger partial charge in [0.25, 0.3) is 5.56 Å². The number of halogens is 5. The highest BCUT2D eigenvalue weighted by atomic mass is 35.5. The molecule has 228 valence electrons. The average molecular weight is 649 g/mol. The van der Waals surface area contributed by atoms with Gasteiger partial charge in [-0.3, -0.25) is 19.1 Å². The number of hydrogen-bond acceptors (Lipinski definition) is 7. The smallest absolute Gasteiger partial charge is 0.351 e. The topological polar surface area (TPSA) is 113 Å². The van der Waals surface area contributed by atoms with Crippen molar-refractivity contribution in [3.05, 3.63) is 67.7 Å². The summed E-state index contributed by atoms with van der Waals surface area (Å²) in [5.41, 5.74) is -1.98. The maximum atomic E-state index is 14.3. The molecule has 1 aliphatic heterocycles. The van der Waals surface area contributed by atoms with Crippen LogP contribution < -0.4 is 16.2 Å². The van der Waals surface area contributed by atoms with Crippen LogP contribution in [0.1, 0.15) is 36.5 Å². The molecule has 1 amide bonds. The normalized spacial score (nSPS) is 16.6. The minimum absolute atomic E-state index is 0.0345. The summed E-state index contributed by atoms with van der Waals surface area (Å²) in [6, 6.07) is 4.65. The molecule has 9 nitrogen and oxygen atoms in total. The molecule has 0 unspecified atom stereocenters. The number of fused-ring (bicyclic) bond motifs is 1. The van der Waals surface area contributed by atoms with Crippen LogP contribution in [-0.2, 0) is 33.9 Å². The van der Waals surface area contributed by atoms with Crippen LogP contribution in [0.15, 0.2) is 40.3 Å². The quantitative estimate of drug-likeness (QED) is 0.363. The number of nitrogens with one attached hydrogen (secondary N) is 2. The molecule has 2 aromatic carbocycles. The van der Waals surface area contributed by atoms with Gasteiger partial charge in [0.1, 0.15) is 0 Å². The van der Waals surface area contributed by atoms with Crippen LogP contribution in [0.3, 0.4) is 0 Å². The number of alkyl halides is 3. The van der Waals surface area contributed by atoms with E-state index in [4.69, 9.17) is 23.2 Å². The Labute approximate surface area is 250 Å². The standard InChI is InChI=1S/C27H30Cl2F3N5O4S/c1-3-42(40,41)22-7-6-17(28)9-16(22)12-37-15-34-25-19(26(37)39)10-21(27(30,31)32)20(24(25)29)14-36-8-4-5-18(13-36)35-23(38)11-33-2/h6-7,9-10,15,18,33H,3-5,8,11-14H2,1-2H3,(H,35,38)/t18-/m0/s1. The van der Waals surface area contributed by atoms with Gasteiger partial charge < -0.3 is 10.6 Å². The van der Waals surface area contributed by atoms with Gasteiger partial charge in [0, 0.05) is 24.2 Å². The van der Waals surface area contributed by atoms with Crippen LogP contribution in [0.5, 0.6) is 0 Å². The highest BCUT2D eigenvalue weighted by molar-refractivity contribution is 7.91. The van der Waals surface area contributed by atoms with Gasteiger partial charge in [0.05, 0.1) is 51.6 Å². The van der Waals surface area contributed by atoms with Crippen molar-refractivity contribution >= 4 is 49.8 Å². The summed E-state index contributed by atoms with van der Waals surface area (Å²) in [7, 11) is -2.04. The third-order valence-electron chi connectivity index (χ3n) is 7.13. The summed E-state index contributed by atoms with van der Waals surface area (Å²) >= 11 is 12.6. The summed E-state index contributed by atoms with van der Waals surface area (Å²) in [6.07, 6.45) is -2.34. The summed E-state index contributed by atoms with van der Waals surface area (Å²) in [4.78, 5) is 31.4. The molecule has 1 atom stereocenters. The molecule has 3 aromatic rings. The van der Waals surface area contributed by atoms with Crippen molar-refractivity contribution in [3.8, 4) is 0 Å². The lowest BCUT2D eigenvalue weighted by Gasteiger charge is -2.34. The lowest BCUT2D eigenvalue weighted by atomic mass is 10.0. The van der Waals surface area contributed by atoms with Crippen LogP contribution in [-0.4, -0.2) is 67.3 Å². The number of amides is 1. The van der Waals surface area contributed by atoms with Gasteiger partial charge in [-0.25, -0.2) is 13.4 Å². The number of rotatable bonds is 9. The Bertz CT molecular complexity index is 1660. The predicted molar refractivity (Wildman–Crippen MR) is 155 cm³/mol.